The van der Waals surface area contributed by atoms with E-state index in [1.807, 2.05) is 0 Å². The van der Waals surface area contributed by atoms with Crippen LogP contribution in [0.15, 0.2) is 0 Å². The normalized spacial score (nSPS) is 13.2. The molecular formula is C3H8NO2PS. The van der Waals surface area contributed by atoms with Crippen LogP contribution in [0.1, 0.15) is 0 Å². The lowest BCUT2D eigenvalue weighted by Crippen LogP contribution is -2.31. The van der Waals surface area contributed by atoms with E-state index in [4.69, 9.17) is 5.11 Å². The zero-order chi connectivity index (χ0) is 6.57. The molecule has 3 nitrogen and oxygen atoms in total. The Hall–Kier alpha value is 0.210. The van der Waals surface area contributed by atoms with Crippen LogP contribution in [0, 0.1) is 0 Å². The first-order valence-corrected chi connectivity index (χ1v) is 3.23. The smallest absolute Gasteiger partial charge is 0.321 e. The maximum Gasteiger partial charge on any atom is 0.321 e. The number of carboxylic acids is 1. The molecule has 0 amide bonds. The van der Waals surface area contributed by atoms with Gasteiger partial charge in [-0.25, -0.2) is 0 Å². The van der Waals surface area contributed by atoms with Crippen LogP contribution in [0.4, 0.5) is 0 Å². The molecule has 1 unspecified atom stereocenters. The first kappa shape index (κ1) is 8.21. The highest BCUT2D eigenvalue weighted by Gasteiger charge is 2.10. The van der Waals surface area contributed by atoms with E-state index >= 15 is 0 Å². The molecule has 0 aromatic carbocycles. The van der Waals surface area contributed by atoms with Gasteiger partial charge in [-0.15, -0.1) is 0 Å². The van der Waals surface area contributed by atoms with Gasteiger partial charge in [0.05, 0.1) is 0 Å². The lowest BCUT2D eigenvalue weighted by Gasteiger charge is -2.04. The summed E-state index contributed by atoms with van der Waals surface area (Å²) in [5.41, 5.74) is 0. The van der Waals surface area contributed by atoms with Crippen LogP contribution in [0.2, 0.25) is 0 Å². The van der Waals surface area contributed by atoms with Gasteiger partial charge in [0.25, 0.3) is 0 Å². The summed E-state index contributed by atoms with van der Waals surface area (Å²) < 4.78 is 0. The van der Waals surface area contributed by atoms with E-state index in [0.29, 0.717) is 5.75 Å². The maximum absolute atomic E-state index is 10.0. The number of hydrogen-bond donors (Lipinski definition) is 3. The number of carboxylic acid groups (broad SMARTS) is 1. The Morgan fingerprint density at radius 3 is 2.50 bits per heavy atom. The molecule has 0 saturated heterocycles. The number of aliphatic carboxylic acids is 1. The first-order chi connectivity index (χ1) is 3.72. The quantitative estimate of drug-likeness (QED) is 0.387. The first-order valence-electron chi connectivity index (χ1n) is 2.02. The summed E-state index contributed by atoms with van der Waals surface area (Å²) in [5, 5.41) is 10.7. The van der Waals surface area contributed by atoms with Gasteiger partial charge in [-0.3, -0.25) is 9.88 Å². The van der Waals surface area contributed by atoms with Gasteiger partial charge in [0.1, 0.15) is 6.04 Å². The van der Waals surface area contributed by atoms with Gasteiger partial charge in [-0.05, 0) is 0 Å². The van der Waals surface area contributed by atoms with Gasteiger partial charge in [-0.2, -0.15) is 12.6 Å². The summed E-state index contributed by atoms with van der Waals surface area (Å²) in [6.07, 6.45) is 0. The monoisotopic (exact) mass is 153 g/mol. The highest BCUT2D eigenvalue weighted by atomic mass is 32.1. The minimum Gasteiger partial charge on any atom is -0.480 e. The van der Waals surface area contributed by atoms with Crippen molar-refractivity contribution in [2.45, 2.75) is 6.04 Å². The molecule has 48 valence electrons. The van der Waals surface area contributed by atoms with Crippen LogP contribution < -0.4 is 5.09 Å². The summed E-state index contributed by atoms with van der Waals surface area (Å²) in [6, 6.07) is -0.552. The number of rotatable bonds is 3. The number of carbonyl (C=O) groups is 1. The third-order valence-corrected chi connectivity index (χ3v) is 1.45. The van der Waals surface area contributed by atoms with Crippen LogP contribution >= 0.6 is 22.0 Å². The van der Waals surface area contributed by atoms with Gasteiger partial charge >= 0.3 is 5.97 Å². The minimum atomic E-state index is -0.880. The van der Waals surface area contributed by atoms with Crippen LogP contribution in [0.5, 0.6) is 0 Å². The molecule has 0 aromatic rings. The molecule has 0 aromatic heterocycles. The van der Waals surface area contributed by atoms with E-state index < -0.39 is 12.0 Å². The SMILES string of the molecule is O=C(O)[C@H](CS)NP. The molecular weight excluding hydrogens is 145 g/mol. The summed E-state index contributed by atoms with van der Waals surface area (Å²) in [6.45, 7) is 0. The fraction of sp³-hybridized carbons (Fsp3) is 0.667. The summed E-state index contributed by atoms with van der Waals surface area (Å²) >= 11 is 3.78. The van der Waals surface area contributed by atoms with E-state index in [9.17, 15) is 4.79 Å². The molecule has 0 radical (unpaired) electrons. The molecule has 5 heteroatoms. The van der Waals surface area contributed by atoms with Crippen molar-refractivity contribution in [2.75, 3.05) is 5.75 Å². The Bertz CT molecular complexity index is 85.4. The third kappa shape index (κ3) is 2.50. The van der Waals surface area contributed by atoms with Gasteiger partial charge < -0.3 is 5.11 Å². The van der Waals surface area contributed by atoms with Crippen LogP contribution in [0.25, 0.3) is 0 Å². The summed E-state index contributed by atoms with van der Waals surface area (Å²) in [7, 11) is 2.13. The molecule has 0 aliphatic heterocycles. The zero-order valence-electron chi connectivity index (χ0n) is 4.16. The molecule has 0 heterocycles. The van der Waals surface area contributed by atoms with Gasteiger partial charge in [-0.1, -0.05) is 9.39 Å². The molecule has 0 bridgehead atoms. The number of nitrogens with one attached hydrogen (secondary N) is 1. The van der Waals surface area contributed by atoms with Crippen molar-refractivity contribution in [3.63, 3.8) is 0 Å². The van der Waals surface area contributed by atoms with Crippen molar-refractivity contribution in [3.8, 4) is 0 Å². The van der Waals surface area contributed by atoms with Crippen LogP contribution in [0.3, 0.4) is 0 Å². The Labute approximate surface area is 55.5 Å². The van der Waals surface area contributed by atoms with Crippen molar-refractivity contribution in [1.82, 2.24) is 5.09 Å². The largest absolute Gasteiger partial charge is 0.480 e. The number of hydrogen-bond acceptors (Lipinski definition) is 3. The number of thiol groups is 1. The van der Waals surface area contributed by atoms with Crippen molar-refractivity contribution >= 4 is 28.0 Å². The molecule has 0 saturated carbocycles. The standard InChI is InChI=1S/C3H8NO2PS/c5-3(6)2(1-8)4-7/h2,4,8H,1,7H2,(H,5,6)/t2-/m0/s1. The van der Waals surface area contributed by atoms with E-state index in [1.165, 1.54) is 0 Å². The summed E-state index contributed by atoms with van der Waals surface area (Å²) in [5.74, 6) is -0.575. The molecule has 0 rings (SSSR count). The molecule has 0 aliphatic carbocycles. The second kappa shape index (κ2) is 4.13. The minimum absolute atomic E-state index is 0.304. The topological polar surface area (TPSA) is 49.3 Å². The van der Waals surface area contributed by atoms with Crippen molar-refractivity contribution in [3.05, 3.63) is 0 Å². The van der Waals surface area contributed by atoms with E-state index in [1.54, 1.807) is 0 Å². The van der Waals surface area contributed by atoms with E-state index in [2.05, 4.69) is 27.1 Å². The predicted octanol–water partition coefficient (Wildman–Crippen LogP) is -0.251. The maximum atomic E-state index is 10.0. The zero-order valence-corrected chi connectivity index (χ0v) is 6.21. The highest BCUT2D eigenvalue weighted by Crippen LogP contribution is 1.89. The Kier molecular flexibility index (Phi) is 4.23. The van der Waals surface area contributed by atoms with Gasteiger partial charge in [0.15, 0.2) is 0 Å². The lowest BCUT2D eigenvalue weighted by molar-refractivity contribution is -0.138. The fourth-order valence-electron chi connectivity index (χ4n) is 0.202. The second-order valence-corrected chi connectivity index (χ2v) is 1.94. The van der Waals surface area contributed by atoms with E-state index in [-0.39, 0.29) is 0 Å². The van der Waals surface area contributed by atoms with Crippen molar-refractivity contribution in [1.29, 1.82) is 0 Å². The molecule has 2 atom stereocenters. The average Bonchev–Trinajstić information content (AvgIpc) is 1.69. The molecule has 0 aliphatic rings. The summed E-state index contributed by atoms with van der Waals surface area (Å²) in [4.78, 5) is 10.0. The van der Waals surface area contributed by atoms with Crippen molar-refractivity contribution in [2.24, 2.45) is 0 Å². The van der Waals surface area contributed by atoms with Crippen LogP contribution in [-0.4, -0.2) is 22.9 Å². The molecule has 0 fully saturated rings. The lowest BCUT2D eigenvalue weighted by atomic mass is 10.4. The van der Waals surface area contributed by atoms with E-state index in [0.717, 1.165) is 0 Å². The third-order valence-electron chi connectivity index (χ3n) is 0.682. The average molecular weight is 153 g/mol. The van der Waals surface area contributed by atoms with Crippen LogP contribution in [-0.2, 0) is 4.79 Å². The van der Waals surface area contributed by atoms with Gasteiger partial charge in [0, 0.05) is 5.75 Å². The second-order valence-electron chi connectivity index (χ2n) is 1.24. The fourth-order valence-corrected chi connectivity index (χ4v) is 0.922. The van der Waals surface area contributed by atoms with Crippen molar-refractivity contribution < 1.29 is 9.90 Å². The Morgan fingerprint density at radius 2 is 2.50 bits per heavy atom. The molecule has 8 heavy (non-hydrogen) atoms. The Morgan fingerprint density at radius 1 is 2.00 bits per heavy atom. The predicted molar refractivity (Wildman–Crippen MR) is 38.1 cm³/mol. The Balaban J connectivity index is 3.52. The highest BCUT2D eigenvalue weighted by molar-refractivity contribution is 7.80. The molecule has 2 N–H and O–H groups in total. The van der Waals surface area contributed by atoms with Gasteiger partial charge in [0.2, 0.25) is 0 Å². The molecule has 0 spiro atoms.